The number of alkyl halides is 2. The first-order chi connectivity index (χ1) is 10.3. The molecule has 0 aromatic heterocycles. The van der Waals surface area contributed by atoms with Gasteiger partial charge in [0.1, 0.15) is 0 Å². The fraction of sp³-hybridized carbons (Fsp3) is 1.00. The van der Waals surface area contributed by atoms with E-state index in [1.807, 2.05) is 39.5 Å². The van der Waals surface area contributed by atoms with Gasteiger partial charge in [0.2, 0.25) is 0 Å². The van der Waals surface area contributed by atoms with Crippen LogP contribution in [0.3, 0.4) is 0 Å². The lowest BCUT2D eigenvalue weighted by atomic mass is 9.76. The van der Waals surface area contributed by atoms with Crippen LogP contribution in [0.2, 0.25) is 0 Å². The van der Waals surface area contributed by atoms with Gasteiger partial charge in [0, 0.05) is 12.0 Å². The normalized spacial score (nSPS) is 22.9. The predicted octanol–water partition coefficient (Wildman–Crippen LogP) is 6.23. The first kappa shape index (κ1) is 21.8. The largest absolute Gasteiger partial charge is 0.295 e. The van der Waals surface area contributed by atoms with Crippen molar-refractivity contribution in [2.75, 3.05) is 13.1 Å². The standard InChI is InChI=1S/C17H33F2N.C2H6/c1-6-20(14(4)5)12-17(18,19)16-9-7-15(8-10-16)11-13(2)3;1-2/h13-16H,6-12H2,1-5H3;1-2H3. The van der Waals surface area contributed by atoms with Crippen LogP contribution in [0.25, 0.3) is 0 Å². The average Bonchev–Trinajstić information content (AvgIpc) is 2.46. The summed E-state index contributed by atoms with van der Waals surface area (Å²) in [6.45, 7) is 15.1. The quantitative estimate of drug-likeness (QED) is 0.537. The summed E-state index contributed by atoms with van der Waals surface area (Å²) >= 11 is 0. The van der Waals surface area contributed by atoms with E-state index in [0.29, 0.717) is 31.2 Å². The maximum atomic E-state index is 14.5. The Kier molecular flexibility index (Phi) is 10.5. The van der Waals surface area contributed by atoms with Gasteiger partial charge in [-0.25, -0.2) is 8.78 Å². The Labute approximate surface area is 137 Å². The third-order valence-corrected chi connectivity index (χ3v) is 4.80. The molecule has 1 fully saturated rings. The summed E-state index contributed by atoms with van der Waals surface area (Å²) in [6, 6.07) is 0.197. The van der Waals surface area contributed by atoms with Gasteiger partial charge in [0.05, 0.1) is 6.54 Å². The lowest BCUT2D eigenvalue weighted by Crippen LogP contribution is -2.45. The first-order valence-corrected chi connectivity index (χ1v) is 9.38. The van der Waals surface area contributed by atoms with Crippen molar-refractivity contribution in [2.45, 2.75) is 92.5 Å². The molecule has 134 valence electrons. The summed E-state index contributed by atoms with van der Waals surface area (Å²) in [6.07, 6.45) is 4.60. The molecule has 1 aliphatic rings. The van der Waals surface area contributed by atoms with Crippen molar-refractivity contribution in [3.63, 3.8) is 0 Å². The summed E-state index contributed by atoms with van der Waals surface area (Å²) in [5, 5.41) is 0. The van der Waals surface area contributed by atoms with E-state index in [4.69, 9.17) is 0 Å². The Morgan fingerprint density at radius 3 is 1.86 bits per heavy atom. The summed E-state index contributed by atoms with van der Waals surface area (Å²) in [7, 11) is 0. The summed E-state index contributed by atoms with van der Waals surface area (Å²) in [5.41, 5.74) is 0. The number of hydrogen-bond donors (Lipinski definition) is 0. The summed E-state index contributed by atoms with van der Waals surface area (Å²) in [5.74, 6) is -1.56. The zero-order valence-electron chi connectivity index (χ0n) is 16.0. The zero-order valence-corrected chi connectivity index (χ0v) is 16.0. The molecule has 0 saturated heterocycles. The molecule has 0 radical (unpaired) electrons. The Balaban J connectivity index is 0.00000211. The molecule has 0 N–H and O–H groups in total. The molecule has 22 heavy (non-hydrogen) atoms. The molecule has 3 heteroatoms. The van der Waals surface area contributed by atoms with Crippen LogP contribution in [-0.4, -0.2) is 30.0 Å². The lowest BCUT2D eigenvalue weighted by Gasteiger charge is -2.37. The minimum Gasteiger partial charge on any atom is -0.295 e. The van der Waals surface area contributed by atoms with Gasteiger partial charge in [-0.3, -0.25) is 4.90 Å². The molecule has 0 bridgehead atoms. The van der Waals surface area contributed by atoms with Crippen molar-refractivity contribution in [1.29, 1.82) is 0 Å². The predicted molar refractivity (Wildman–Crippen MR) is 93.6 cm³/mol. The minimum atomic E-state index is -2.52. The van der Waals surface area contributed by atoms with Gasteiger partial charge in [-0.05, 0) is 64.3 Å². The van der Waals surface area contributed by atoms with Crippen molar-refractivity contribution >= 4 is 0 Å². The Bertz CT molecular complexity index is 269. The van der Waals surface area contributed by atoms with Gasteiger partial charge >= 0.3 is 0 Å². The Morgan fingerprint density at radius 1 is 1.00 bits per heavy atom. The molecule has 0 aromatic carbocycles. The monoisotopic (exact) mass is 319 g/mol. The molecule has 1 aliphatic carbocycles. The van der Waals surface area contributed by atoms with Crippen molar-refractivity contribution in [3.05, 3.63) is 0 Å². The van der Waals surface area contributed by atoms with E-state index in [0.717, 1.165) is 12.8 Å². The summed E-state index contributed by atoms with van der Waals surface area (Å²) in [4.78, 5) is 1.89. The highest BCUT2D eigenvalue weighted by Gasteiger charge is 2.42. The van der Waals surface area contributed by atoms with Crippen LogP contribution < -0.4 is 0 Å². The van der Waals surface area contributed by atoms with Gasteiger partial charge in [0.25, 0.3) is 5.92 Å². The fourth-order valence-electron chi connectivity index (χ4n) is 3.55. The molecule has 0 unspecified atom stereocenters. The van der Waals surface area contributed by atoms with Crippen molar-refractivity contribution in [3.8, 4) is 0 Å². The number of nitrogens with zero attached hydrogens (tertiary/aromatic N) is 1. The van der Waals surface area contributed by atoms with Crippen molar-refractivity contribution < 1.29 is 8.78 Å². The van der Waals surface area contributed by atoms with E-state index in [9.17, 15) is 8.78 Å². The third kappa shape index (κ3) is 7.39. The smallest absolute Gasteiger partial charge is 0.263 e. The second-order valence-electron chi connectivity index (χ2n) is 7.27. The van der Waals surface area contributed by atoms with Crippen molar-refractivity contribution in [2.24, 2.45) is 17.8 Å². The van der Waals surface area contributed by atoms with E-state index in [1.54, 1.807) is 0 Å². The second kappa shape index (κ2) is 10.6. The van der Waals surface area contributed by atoms with E-state index in [2.05, 4.69) is 13.8 Å². The average molecular weight is 320 g/mol. The van der Waals surface area contributed by atoms with E-state index >= 15 is 0 Å². The van der Waals surface area contributed by atoms with Crippen LogP contribution in [0.1, 0.15) is 80.6 Å². The van der Waals surface area contributed by atoms with Gasteiger partial charge in [-0.2, -0.15) is 0 Å². The Hall–Kier alpha value is -0.180. The van der Waals surface area contributed by atoms with Crippen LogP contribution in [0.5, 0.6) is 0 Å². The Morgan fingerprint density at radius 2 is 1.50 bits per heavy atom. The number of rotatable bonds is 7. The van der Waals surface area contributed by atoms with E-state index in [1.165, 1.54) is 6.42 Å². The molecule has 1 nitrogen and oxygen atoms in total. The highest BCUT2D eigenvalue weighted by molar-refractivity contribution is 4.86. The molecule has 0 spiro atoms. The van der Waals surface area contributed by atoms with E-state index < -0.39 is 11.8 Å². The topological polar surface area (TPSA) is 3.24 Å². The van der Waals surface area contributed by atoms with Crippen LogP contribution in [0.15, 0.2) is 0 Å². The zero-order chi connectivity index (χ0) is 17.3. The molecule has 0 amide bonds. The molecule has 1 rings (SSSR count). The molecule has 0 heterocycles. The van der Waals surface area contributed by atoms with Gasteiger partial charge in [0.15, 0.2) is 0 Å². The van der Waals surface area contributed by atoms with Crippen molar-refractivity contribution in [1.82, 2.24) is 4.90 Å². The van der Waals surface area contributed by atoms with Crippen LogP contribution in [0.4, 0.5) is 8.78 Å². The van der Waals surface area contributed by atoms with Crippen LogP contribution >= 0.6 is 0 Å². The SMILES string of the molecule is CC.CCN(CC(F)(F)C1CCC(CC(C)C)CC1)C(C)C. The lowest BCUT2D eigenvalue weighted by molar-refractivity contribution is -0.100. The van der Waals surface area contributed by atoms with Gasteiger partial charge in [-0.15, -0.1) is 0 Å². The summed E-state index contributed by atoms with van der Waals surface area (Å²) < 4.78 is 28.9. The molecule has 1 saturated carbocycles. The maximum Gasteiger partial charge on any atom is 0.263 e. The van der Waals surface area contributed by atoms with Crippen LogP contribution in [0, 0.1) is 17.8 Å². The third-order valence-electron chi connectivity index (χ3n) is 4.80. The molecule has 0 aromatic rings. The first-order valence-electron chi connectivity index (χ1n) is 9.38. The minimum absolute atomic E-state index is 0.0688. The number of halogens is 2. The van der Waals surface area contributed by atoms with Gasteiger partial charge in [-0.1, -0.05) is 34.6 Å². The molecule has 0 atom stereocenters. The maximum absolute atomic E-state index is 14.5. The highest BCUT2D eigenvalue weighted by atomic mass is 19.3. The number of hydrogen-bond acceptors (Lipinski definition) is 1. The van der Waals surface area contributed by atoms with Gasteiger partial charge < -0.3 is 0 Å². The molecular formula is C19H39F2N. The fourth-order valence-corrected chi connectivity index (χ4v) is 3.55. The molecule has 0 aliphatic heterocycles. The van der Waals surface area contributed by atoms with Crippen LogP contribution in [-0.2, 0) is 0 Å². The second-order valence-corrected chi connectivity index (χ2v) is 7.27. The molecular weight excluding hydrogens is 280 g/mol. The van der Waals surface area contributed by atoms with E-state index in [-0.39, 0.29) is 12.6 Å². The highest BCUT2D eigenvalue weighted by Crippen LogP contribution is 2.41.